The molecule has 200 valence electrons. The molecule has 0 saturated heterocycles. The van der Waals surface area contributed by atoms with Crippen molar-refractivity contribution in [3.63, 3.8) is 0 Å². The average molecular weight is 521 g/mol. The minimum atomic E-state index is 1.17. The van der Waals surface area contributed by atoms with Crippen molar-refractivity contribution >= 4 is 30.4 Å². The summed E-state index contributed by atoms with van der Waals surface area (Å²) in [5.74, 6) is 0. The highest BCUT2D eigenvalue weighted by Crippen LogP contribution is 2.00. The summed E-state index contributed by atoms with van der Waals surface area (Å²) in [6, 6.07) is 50.1. The van der Waals surface area contributed by atoms with Gasteiger partial charge < -0.3 is 0 Å². The van der Waals surface area contributed by atoms with Gasteiger partial charge in [0.1, 0.15) is 0 Å². The van der Waals surface area contributed by atoms with Crippen molar-refractivity contribution in [2.75, 3.05) is 0 Å². The van der Waals surface area contributed by atoms with Gasteiger partial charge in [-0.25, -0.2) is 0 Å². The zero-order valence-corrected chi connectivity index (χ0v) is 23.4. The SMILES string of the molecule is C=Cc1ccccc1.C=Cc1ccccc1.C=Cc1ccccc1.C=Cc1ccccc1.C=Cc1ccccc1. The summed E-state index contributed by atoms with van der Waals surface area (Å²) in [6.45, 7) is 18.2. The molecule has 0 aliphatic heterocycles. The molecule has 0 nitrogen and oxygen atoms in total. The van der Waals surface area contributed by atoms with Gasteiger partial charge in [-0.3, -0.25) is 0 Å². The number of hydrogen-bond donors (Lipinski definition) is 0. The Hall–Kier alpha value is -5.20. The van der Waals surface area contributed by atoms with Crippen molar-refractivity contribution in [1.29, 1.82) is 0 Å². The molecule has 0 bridgehead atoms. The van der Waals surface area contributed by atoms with Crippen LogP contribution in [0.3, 0.4) is 0 Å². The summed E-state index contributed by atoms with van der Waals surface area (Å²) in [5.41, 5.74) is 5.87. The fourth-order valence-corrected chi connectivity index (χ4v) is 2.95. The Labute approximate surface area is 242 Å². The van der Waals surface area contributed by atoms with Gasteiger partial charge in [-0.15, -0.1) is 0 Å². The largest absolute Gasteiger partial charge is 0.0985 e. The van der Waals surface area contributed by atoms with Crippen molar-refractivity contribution in [2.24, 2.45) is 0 Å². The van der Waals surface area contributed by atoms with E-state index in [1.807, 2.05) is 182 Å². The molecule has 0 amide bonds. The topological polar surface area (TPSA) is 0 Å². The van der Waals surface area contributed by atoms with Crippen molar-refractivity contribution < 1.29 is 0 Å². The molecule has 0 heteroatoms. The molecule has 5 aromatic carbocycles. The third kappa shape index (κ3) is 16.5. The van der Waals surface area contributed by atoms with Gasteiger partial charge >= 0.3 is 0 Å². The Morgan fingerprint density at radius 2 is 0.350 bits per heavy atom. The van der Waals surface area contributed by atoms with E-state index in [2.05, 4.69) is 32.9 Å². The molecule has 0 fully saturated rings. The van der Waals surface area contributed by atoms with Gasteiger partial charge in [-0.1, -0.05) is 215 Å². The first-order chi connectivity index (χ1) is 19.7. The van der Waals surface area contributed by atoms with E-state index in [1.54, 1.807) is 0 Å². The quantitative estimate of drug-likeness (QED) is 0.216. The molecule has 0 aliphatic carbocycles. The van der Waals surface area contributed by atoms with Gasteiger partial charge in [0.25, 0.3) is 0 Å². The number of hydrogen-bond acceptors (Lipinski definition) is 0. The van der Waals surface area contributed by atoms with Crippen LogP contribution < -0.4 is 0 Å². The van der Waals surface area contributed by atoms with Crippen LogP contribution in [0.4, 0.5) is 0 Å². The van der Waals surface area contributed by atoms with E-state index in [0.29, 0.717) is 0 Å². The van der Waals surface area contributed by atoms with E-state index in [1.165, 1.54) is 27.8 Å². The normalized spacial score (nSPS) is 8.50. The van der Waals surface area contributed by atoms with E-state index < -0.39 is 0 Å². The maximum Gasteiger partial charge on any atom is -0.0263 e. The minimum absolute atomic E-state index is 1.17. The van der Waals surface area contributed by atoms with Gasteiger partial charge in [-0.05, 0) is 27.8 Å². The van der Waals surface area contributed by atoms with Crippen LogP contribution in [0, 0.1) is 0 Å². The summed E-state index contributed by atoms with van der Waals surface area (Å²) < 4.78 is 0. The first-order valence-corrected chi connectivity index (χ1v) is 13.0. The Morgan fingerprint density at radius 1 is 0.225 bits per heavy atom. The smallest absolute Gasteiger partial charge is 0.0263 e. The van der Waals surface area contributed by atoms with E-state index in [-0.39, 0.29) is 0 Å². The van der Waals surface area contributed by atoms with Crippen LogP contribution in [0.15, 0.2) is 185 Å². The van der Waals surface area contributed by atoms with E-state index in [9.17, 15) is 0 Å². The molecular weight excluding hydrogens is 480 g/mol. The molecule has 5 rings (SSSR count). The molecule has 0 N–H and O–H groups in total. The van der Waals surface area contributed by atoms with Gasteiger partial charge in [0.15, 0.2) is 0 Å². The molecule has 0 aliphatic rings. The Balaban J connectivity index is 0.000000250. The Kier molecular flexibility index (Phi) is 18.8. The van der Waals surface area contributed by atoms with E-state index in [0.717, 1.165) is 0 Å². The molecule has 0 radical (unpaired) electrons. The van der Waals surface area contributed by atoms with Crippen LogP contribution in [0.5, 0.6) is 0 Å². The van der Waals surface area contributed by atoms with Gasteiger partial charge in [-0.2, -0.15) is 0 Å². The molecule has 0 spiro atoms. The maximum atomic E-state index is 3.63. The molecule has 40 heavy (non-hydrogen) atoms. The summed E-state index contributed by atoms with van der Waals surface area (Å²) in [5, 5.41) is 0. The van der Waals surface area contributed by atoms with Crippen LogP contribution >= 0.6 is 0 Å². The van der Waals surface area contributed by atoms with Gasteiger partial charge in [0, 0.05) is 0 Å². The van der Waals surface area contributed by atoms with Crippen LogP contribution in [-0.2, 0) is 0 Å². The van der Waals surface area contributed by atoms with Crippen molar-refractivity contribution in [3.05, 3.63) is 212 Å². The average Bonchev–Trinajstić information content (AvgIpc) is 3.07. The summed E-state index contributed by atoms with van der Waals surface area (Å²) in [4.78, 5) is 0. The standard InChI is InChI=1S/5C8H8/c5*1-2-8-6-4-3-5-7-8/h5*2-7H,1H2. The molecular formula is C40H40. The second-order valence-electron chi connectivity index (χ2n) is 8.07. The molecule has 0 aromatic heterocycles. The lowest BCUT2D eigenvalue weighted by Crippen LogP contribution is -1.63. The molecule has 0 saturated carbocycles. The predicted octanol–water partition coefficient (Wildman–Crippen LogP) is 11.6. The zero-order valence-electron chi connectivity index (χ0n) is 23.4. The minimum Gasteiger partial charge on any atom is -0.0985 e. The molecule has 0 unspecified atom stereocenters. The van der Waals surface area contributed by atoms with Crippen molar-refractivity contribution in [3.8, 4) is 0 Å². The lowest BCUT2D eigenvalue weighted by molar-refractivity contribution is 1.67. The van der Waals surface area contributed by atoms with E-state index in [4.69, 9.17) is 0 Å². The second-order valence-corrected chi connectivity index (χ2v) is 8.07. The van der Waals surface area contributed by atoms with Crippen LogP contribution in [0.25, 0.3) is 30.4 Å². The monoisotopic (exact) mass is 520 g/mol. The van der Waals surface area contributed by atoms with Gasteiger partial charge in [0.05, 0.1) is 0 Å². The van der Waals surface area contributed by atoms with Crippen molar-refractivity contribution in [1.82, 2.24) is 0 Å². The van der Waals surface area contributed by atoms with Crippen molar-refractivity contribution in [2.45, 2.75) is 0 Å². The highest BCUT2D eigenvalue weighted by molar-refractivity contribution is 5.48. The lowest BCUT2D eigenvalue weighted by Gasteiger charge is -1.85. The lowest BCUT2D eigenvalue weighted by atomic mass is 10.2. The maximum absolute atomic E-state index is 3.63. The molecule has 0 atom stereocenters. The Morgan fingerprint density at radius 3 is 0.425 bits per heavy atom. The molecule has 0 heterocycles. The number of rotatable bonds is 5. The van der Waals surface area contributed by atoms with E-state index >= 15 is 0 Å². The fourth-order valence-electron chi connectivity index (χ4n) is 2.95. The Bertz CT molecular complexity index is 1070. The third-order valence-electron chi connectivity index (χ3n) is 5.18. The summed E-state index contributed by atoms with van der Waals surface area (Å²) >= 11 is 0. The third-order valence-corrected chi connectivity index (χ3v) is 5.18. The first kappa shape index (κ1) is 32.8. The summed E-state index contributed by atoms with van der Waals surface area (Å²) in [6.07, 6.45) is 9.17. The van der Waals surface area contributed by atoms with Crippen LogP contribution in [-0.4, -0.2) is 0 Å². The first-order valence-electron chi connectivity index (χ1n) is 13.0. The van der Waals surface area contributed by atoms with Gasteiger partial charge in [0.2, 0.25) is 0 Å². The van der Waals surface area contributed by atoms with Crippen LogP contribution in [0.2, 0.25) is 0 Å². The number of benzene rings is 5. The highest BCUT2D eigenvalue weighted by atomic mass is 13.8. The molecule has 5 aromatic rings. The zero-order chi connectivity index (χ0) is 29.1. The second kappa shape index (κ2) is 23.0. The fraction of sp³-hybridized carbons (Fsp3) is 0. The summed E-state index contributed by atoms with van der Waals surface area (Å²) in [7, 11) is 0. The predicted molar refractivity (Wildman–Crippen MR) is 183 cm³/mol. The highest BCUT2D eigenvalue weighted by Gasteiger charge is 1.78. The van der Waals surface area contributed by atoms with Crippen LogP contribution in [0.1, 0.15) is 27.8 Å².